The number of likely N-dealkylation sites (tertiary alicyclic amines) is 1. The molecule has 1 amide bonds. The summed E-state index contributed by atoms with van der Waals surface area (Å²) < 4.78 is 60.9. The van der Waals surface area contributed by atoms with Crippen LogP contribution < -0.4 is 9.62 Å². The molecule has 4 heterocycles. The van der Waals surface area contributed by atoms with Crippen LogP contribution in [0.1, 0.15) is 45.1 Å². The number of carbonyl (C=O) groups is 1. The minimum absolute atomic E-state index is 0.0513. The van der Waals surface area contributed by atoms with Crippen LogP contribution in [0.15, 0.2) is 23.4 Å². The highest BCUT2D eigenvalue weighted by Gasteiger charge is 2.38. The van der Waals surface area contributed by atoms with E-state index in [2.05, 4.69) is 20.3 Å². The summed E-state index contributed by atoms with van der Waals surface area (Å²) in [6, 6.07) is 1.50. The fraction of sp³-hybridized carbons (Fsp3) is 0.625. The topological polar surface area (TPSA) is 130 Å². The van der Waals surface area contributed by atoms with Gasteiger partial charge in [0.25, 0.3) is 10.0 Å². The Balaban J connectivity index is 1.66. The molecule has 38 heavy (non-hydrogen) atoms. The first kappa shape index (κ1) is 28.2. The number of nitrogens with zero attached hydrogens (tertiary/aromatic N) is 5. The molecule has 0 bridgehead atoms. The summed E-state index contributed by atoms with van der Waals surface area (Å²) in [6.07, 6.45) is 2.26. The number of fused-ring (bicyclic) bond motifs is 1. The summed E-state index contributed by atoms with van der Waals surface area (Å²) in [5.41, 5.74) is 0.697. The van der Waals surface area contributed by atoms with Gasteiger partial charge in [-0.25, -0.2) is 17.9 Å². The third-order valence-electron chi connectivity index (χ3n) is 6.41. The number of nitrogens with one attached hydrogen (secondary N) is 1. The van der Waals surface area contributed by atoms with E-state index in [4.69, 9.17) is 4.74 Å². The highest BCUT2D eigenvalue weighted by atomic mass is 32.2. The van der Waals surface area contributed by atoms with Crippen molar-refractivity contribution in [3.63, 3.8) is 0 Å². The summed E-state index contributed by atoms with van der Waals surface area (Å²) in [5, 5.41) is 16.2. The zero-order valence-corrected chi connectivity index (χ0v) is 22.7. The number of alkyl halides is 2. The lowest BCUT2D eigenvalue weighted by Gasteiger charge is -2.36. The molecule has 2 aromatic heterocycles. The Hall–Kier alpha value is -2.84. The minimum atomic E-state index is -4.31. The predicted octanol–water partition coefficient (Wildman–Crippen LogP) is 3.01. The molecule has 0 spiro atoms. The minimum Gasteiger partial charge on any atom is -0.449 e. The quantitative estimate of drug-likeness (QED) is 0.533. The normalized spacial score (nSPS) is 20.6. The lowest BCUT2D eigenvalue weighted by molar-refractivity contribution is 0.0561. The molecule has 0 radical (unpaired) electrons. The zero-order valence-electron chi connectivity index (χ0n) is 21.9. The van der Waals surface area contributed by atoms with E-state index in [1.165, 1.54) is 19.2 Å². The Morgan fingerprint density at radius 3 is 2.66 bits per heavy atom. The summed E-state index contributed by atoms with van der Waals surface area (Å²) in [6.45, 7) is 6.12. The van der Waals surface area contributed by atoms with Gasteiger partial charge in [0.1, 0.15) is 4.90 Å². The molecular formula is C24H34F2N6O5S. The van der Waals surface area contributed by atoms with Crippen LogP contribution >= 0.6 is 0 Å². The summed E-state index contributed by atoms with van der Waals surface area (Å²) in [7, 11) is -4.31. The molecule has 2 atom stereocenters. The SMILES string of the molecule is Cc1nn(C(F)F)cc1S(=O)(=O)N1CC(CN2CCC(O)C2)Cc2ncc(NC(=O)OCC(C)(C)C)cc21. The molecule has 1 fully saturated rings. The van der Waals surface area contributed by atoms with E-state index in [0.29, 0.717) is 42.9 Å². The van der Waals surface area contributed by atoms with E-state index in [1.54, 1.807) is 0 Å². The van der Waals surface area contributed by atoms with Gasteiger partial charge in [-0.15, -0.1) is 0 Å². The Labute approximate surface area is 220 Å². The smallest absolute Gasteiger partial charge is 0.411 e. The van der Waals surface area contributed by atoms with Gasteiger partial charge >= 0.3 is 12.6 Å². The molecule has 1 saturated heterocycles. The molecule has 0 aliphatic carbocycles. The Morgan fingerprint density at radius 2 is 2.05 bits per heavy atom. The number of pyridine rings is 1. The van der Waals surface area contributed by atoms with Crippen LogP contribution in [0.2, 0.25) is 0 Å². The van der Waals surface area contributed by atoms with Crippen LogP contribution in [0.4, 0.5) is 25.0 Å². The number of aliphatic hydroxyl groups is 1. The van der Waals surface area contributed by atoms with Gasteiger partial charge in [0, 0.05) is 26.2 Å². The van der Waals surface area contributed by atoms with E-state index in [9.17, 15) is 27.1 Å². The predicted molar refractivity (Wildman–Crippen MR) is 136 cm³/mol. The average molecular weight is 557 g/mol. The highest BCUT2D eigenvalue weighted by molar-refractivity contribution is 7.92. The van der Waals surface area contributed by atoms with Crippen LogP contribution in [0.25, 0.3) is 0 Å². The van der Waals surface area contributed by atoms with Crippen LogP contribution in [0.5, 0.6) is 0 Å². The van der Waals surface area contributed by atoms with E-state index in [-0.39, 0.29) is 46.4 Å². The fourth-order valence-corrected chi connectivity index (χ4v) is 6.38. The van der Waals surface area contributed by atoms with Crippen molar-refractivity contribution in [2.24, 2.45) is 11.3 Å². The third-order valence-corrected chi connectivity index (χ3v) is 8.29. The van der Waals surface area contributed by atoms with Crippen molar-refractivity contribution in [3.8, 4) is 0 Å². The molecule has 2 N–H and O–H groups in total. The number of aromatic nitrogens is 3. The zero-order chi connectivity index (χ0) is 27.8. The first-order chi connectivity index (χ1) is 17.7. The molecule has 2 unspecified atom stereocenters. The molecule has 0 aromatic carbocycles. The monoisotopic (exact) mass is 556 g/mol. The van der Waals surface area contributed by atoms with Crippen molar-refractivity contribution in [1.82, 2.24) is 19.7 Å². The molecule has 14 heteroatoms. The number of carbonyl (C=O) groups excluding carboxylic acids is 1. The largest absolute Gasteiger partial charge is 0.449 e. The maximum atomic E-state index is 13.8. The summed E-state index contributed by atoms with van der Waals surface area (Å²) in [5.74, 6) is -0.156. The van der Waals surface area contributed by atoms with E-state index in [0.717, 1.165) is 10.5 Å². The van der Waals surface area contributed by atoms with E-state index < -0.39 is 28.8 Å². The molecule has 2 aromatic rings. The number of halogens is 2. The Kier molecular flexibility index (Phi) is 7.96. The molecule has 210 valence electrons. The Morgan fingerprint density at radius 1 is 1.32 bits per heavy atom. The van der Waals surface area contributed by atoms with Gasteiger partial charge in [-0.05, 0) is 37.2 Å². The number of sulfonamides is 1. The number of hydrogen-bond donors (Lipinski definition) is 2. The van der Waals surface area contributed by atoms with Gasteiger partial charge < -0.3 is 14.7 Å². The van der Waals surface area contributed by atoms with Crippen LogP contribution in [0, 0.1) is 18.3 Å². The Bertz CT molecular complexity index is 1280. The number of anilines is 2. The van der Waals surface area contributed by atoms with Crippen molar-refractivity contribution in [3.05, 3.63) is 29.8 Å². The number of aliphatic hydroxyl groups excluding tert-OH is 1. The van der Waals surface area contributed by atoms with Crippen molar-refractivity contribution < 1.29 is 31.8 Å². The lowest BCUT2D eigenvalue weighted by Crippen LogP contribution is -2.44. The summed E-state index contributed by atoms with van der Waals surface area (Å²) in [4.78, 5) is 18.5. The van der Waals surface area contributed by atoms with Crippen LogP contribution in [-0.2, 0) is 21.2 Å². The second kappa shape index (κ2) is 10.7. The van der Waals surface area contributed by atoms with Crippen molar-refractivity contribution in [1.29, 1.82) is 0 Å². The lowest BCUT2D eigenvalue weighted by atomic mass is 9.97. The summed E-state index contributed by atoms with van der Waals surface area (Å²) >= 11 is 0. The molecule has 0 saturated carbocycles. The number of hydrogen-bond acceptors (Lipinski definition) is 8. The van der Waals surface area contributed by atoms with Gasteiger partial charge in [-0.2, -0.15) is 13.9 Å². The molecule has 2 aliphatic rings. The standard InChI is InChI=1S/C24H34F2N6O5S/c1-15-21(13-31(29-15)22(25)26)38(35,36)32-11-16(10-30-6-5-18(33)12-30)7-19-20(32)8-17(9-27-19)28-23(34)37-14-24(2,3)4/h8-9,13,16,18,22,33H,5-7,10-12,14H2,1-4H3,(H,28,34). The van der Waals surface area contributed by atoms with Gasteiger partial charge in [0.15, 0.2) is 0 Å². The van der Waals surface area contributed by atoms with Crippen molar-refractivity contribution >= 4 is 27.5 Å². The first-order valence-corrected chi connectivity index (χ1v) is 13.9. The molecule has 11 nitrogen and oxygen atoms in total. The third kappa shape index (κ3) is 6.41. The van der Waals surface area contributed by atoms with E-state index >= 15 is 0 Å². The molecular weight excluding hydrogens is 522 g/mol. The molecule has 4 rings (SSSR count). The highest BCUT2D eigenvalue weighted by Crippen LogP contribution is 2.36. The van der Waals surface area contributed by atoms with Gasteiger partial charge in [-0.3, -0.25) is 14.6 Å². The van der Waals surface area contributed by atoms with Crippen LogP contribution in [-0.4, -0.2) is 78.2 Å². The average Bonchev–Trinajstić information content (AvgIpc) is 3.42. The number of aryl methyl sites for hydroxylation is 1. The second-order valence-electron chi connectivity index (χ2n) is 11.1. The van der Waals surface area contributed by atoms with E-state index in [1.807, 2.05) is 20.8 Å². The van der Waals surface area contributed by atoms with Crippen LogP contribution in [0.3, 0.4) is 0 Å². The molecule has 2 aliphatic heterocycles. The number of β-amino-alcohol motifs (C(OH)–C–C–N with tert-alkyl or cyclic N) is 1. The first-order valence-electron chi connectivity index (χ1n) is 12.4. The fourth-order valence-electron chi connectivity index (χ4n) is 4.66. The van der Waals surface area contributed by atoms with Gasteiger partial charge in [0.2, 0.25) is 0 Å². The number of rotatable bonds is 7. The number of ether oxygens (including phenoxy) is 1. The van der Waals surface area contributed by atoms with Crippen molar-refractivity contribution in [2.45, 2.75) is 58.1 Å². The van der Waals surface area contributed by atoms with Gasteiger partial charge in [-0.1, -0.05) is 20.8 Å². The number of amides is 1. The van der Waals surface area contributed by atoms with Crippen molar-refractivity contribution in [2.75, 3.05) is 42.4 Å². The van der Waals surface area contributed by atoms with Gasteiger partial charge in [0.05, 0.1) is 47.9 Å². The maximum Gasteiger partial charge on any atom is 0.411 e. The second-order valence-corrected chi connectivity index (χ2v) is 12.9. The maximum absolute atomic E-state index is 13.8.